The molecule has 0 N–H and O–H groups in total. The minimum absolute atomic E-state index is 0.103. The van der Waals surface area contributed by atoms with E-state index in [1.165, 1.54) is 0 Å². The molecule has 5 heteroatoms. The quantitative estimate of drug-likeness (QED) is 0.568. The lowest BCUT2D eigenvalue weighted by molar-refractivity contribution is -0.118. The van der Waals surface area contributed by atoms with E-state index in [2.05, 4.69) is 0 Å². The number of carbonyl (C=O) groups is 2. The van der Waals surface area contributed by atoms with E-state index in [9.17, 15) is 9.59 Å². The molecule has 0 saturated carbocycles. The monoisotopic (exact) mass is 218 g/mol. The molecule has 3 fully saturated rings. The van der Waals surface area contributed by atoms with Crippen molar-refractivity contribution in [3.63, 3.8) is 0 Å². The first-order valence-corrected chi connectivity index (χ1v) is 5.44. The maximum atomic E-state index is 11.5. The highest BCUT2D eigenvalue weighted by atomic mass is 35.5. The molecule has 0 amide bonds. The molecule has 0 radical (unpaired) electrons. The zero-order chi connectivity index (χ0) is 9.22. The molecule has 13 heavy (non-hydrogen) atoms. The third kappa shape index (κ3) is 0.778. The number of hydrogen-bond donors (Lipinski definition) is 0. The lowest BCUT2D eigenvalue weighted by atomic mass is 9.80. The van der Waals surface area contributed by atoms with Crippen molar-refractivity contribution in [2.75, 3.05) is 0 Å². The largest absolute Gasteiger partial charge is 0.372 e. The Morgan fingerprint density at radius 2 is 2.23 bits per heavy atom. The number of rotatable bonds is 0. The predicted octanol–water partition coefficient (Wildman–Crippen LogP) is 0.941. The minimum Gasteiger partial charge on any atom is -0.372 e. The molecule has 3 rings (SSSR count). The Kier molecular flexibility index (Phi) is 1.46. The van der Waals surface area contributed by atoms with Gasteiger partial charge in [-0.05, 0) is 24.6 Å². The van der Waals surface area contributed by atoms with Crippen molar-refractivity contribution in [2.24, 2.45) is 5.92 Å². The maximum Gasteiger partial charge on any atom is 0.220 e. The molecule has 3 saturated heterocycles. The average molecular weight is 219 g/mol. The van der Waals surface area contributed by atoms with Crippen LogP contribution in [-0.2, 0) is 14.3 Å². The first-order chi connectivity index (χ1) is 6.14. The fraction of sp³-hybridized carbons (Fsp3) is 0.750. The summed E-state index contributed by atoms with van der Waals surface area (Å²) in [5, 5.41) is -0.316. The van der Waals surface area contributed by atoms with Crippen LogP contribution in [0.1, 0.15) is 12.8 Å². The molecule has 3 nitrogen and oxygen atoms in total. The van der Waals surface area contributed by atoms with E-state index in [-0.39, 0.29) is 28.4 Å². The molecule has 3 heterocycles. The van der Waals surface area contributed by atoms with Gasteiger partial charge in [-0.1, -0.05) is 0 Å². The topological polar surface area (TPSA) is 43.4 Å². The van der Waals surface area contributed by atoms with Crippen LogP contribution in [0.25, 0.3) is 0 Å². The molecule has 4 atom stereocenters. The van der Waals surface area contributed by atoms with Gasteiger partial charge in [0.2, 0.25) is 10.2 Å². The van der Waals surface area contributed by atoms with Crippen LogP contribution in [0, 0.1) is 5.92 Å². The molecule has 0 unspecified atom stereocenters. The van der Waals surface area contributed by atoms with Crippen LogP contribution in [0.3, 0.4) is 0 Å². The Balaban J connectivity index is 2.12. The number of halogens is 1. The number of hydrogen-bond acceptors (Lipinski definition) is 4. The van der Waals surface area contributed by atoms with Crippen LogP contribution in [-0.4, -0.2) is 27.3 Å². The van der Waals surface area contributed by atoms with Crippen LogP contribution < -0.4 is 0 Å². The van der Waals surface area contributed by atoms with E-state index in [4.69, 9.17) is 16.3 Å². The van der Waals surface area contributed by atoms with Gasteiger partial charge in [0.1, 0.15) is 0 Å². The first-order valence-electron chi connectivity index (χ1n) is 4.24. The second kappa shape index (κ2) is 2.30. The van der Waals surface area contributed by atoms with Gasteiger partial charge >= 0.3 is 0 Å². The van der Waals surface area contributed by atoms with Gasteiger partial charge in [0.15, 0.2) is 4.87 Å². The van der Waals surface area contributed by atoms with Crippen molar-refractivity contribution < 1.29 is 14.3 Å². The van der Waals surface area contributed by atoms with E-state index in [1.54, 1.807) is 0 Å². The van der Waals surface area contributed by atoms with Gasteiger partial charge in [0.05, 0.1) is 18.1 Å². The number of thioether (sulfide) groups is 1. The number of carbonyl (C=O) groups excluding carboxylic acids is 2. The Bertz CT molecular complexity index is 319. The third-order valence-electron chi connectivity index (χ3n) is 3.11. The number of alkyl halides is 1. The maximum absolute atomic E-state index is 11.5. The number of fused-ring (bicyclic) bond motifs is 5. The van der Waals surface area contributed by atoms with Crippen LogP contribution >= 0.6 is 23.4 Å². The third-order valence-corrected chi connectivity index (χ3v) is 4.85. The Morgan fingerprint density at radius 3 is 2.92 bits per heavy atom. The zero-order valence-corrected chi connectivity index (χ0v) is 8.23. The highest BCUT2D eigenvalue weighted by Crippen LogP contribution is 2.57. The molecular weight excluding hydrogens is 212 g/mol. The summed E-state index contributed by atoms with van der Waals surface area (Å²) < 4.78 is 5.50. The lowest BCUT2D eigenvalue weighted by Gasteiger charge is -2.25. The molecular formula is C8H7ClO3S. The fourth-order valence-electron chi connectivity index (χ4n) is 2.50. The van der Waals surface area contributed by atoms with Gasteiger partial charge < -0.3 is 4.74 Å². The molecule has 0 aliphatic carbocycles. The smallest absolute Gasteiger partial charge is 0.220 e. The average Bonchev–Trinajstić information content (AvgIpc) is 2.66. The Labute approximate surface area is 84.1 Å². The fourth-order valence-corrected chi connectivity index (χ4v) is 4.15. The van der Waals surface area contributed by atoms with Gasteiger partial charge in [-0.3, -0.25) is 9.59 Å². The summed E-state index contributed by atoms with van der Waals surface area (Å²) in [6.07, 6.45) is 1.35. The van der Waals surface area contributed by atoms with Gasteiger partial charge in [-0.2, -0.15) is 0 Å². The summed E-state index contributed by atoms with van der Waals surface area (Å²) in [6, 6.07) is 0. The molecule has 3 aliphatic rings. The highest BCUT2D eigenvalue weighted by molar-refractivity contribution is 8.27. The van der Waals surface area contributed by atoms with Gasteiger partial charge in [-0.15, -0.1) is 11.6 Å². The molecule has 2 bridgehead atoms. The van der Waals surface area contributed by atoms with Crippen molar-refractivity contribution in [3.05, 3.63) is 0 Å². The molecule has 0 aromatic heterocycles. The van der Waals surface area contributed by atoms with E-state index in [0.29, 0.717) is 0 Å². The van der Waals surface area contributed by atoms with Crippen LogP contribution in [0.2, 0.25) is 0 Å². The first kappa shape index (κ1) is 8.26. The van der Waals surface area contributed by atoms with Crippen molar-refractivity contribution in [1.82, 2.24) is 0 Å². The van der Waals surface area contributed by atoms with E-state index >= 15 is 0 Å². The highest BCUT2D eigenvalue weighted by Gasteiger charge is 2.69. The minimum atomic E-state index is -1.02. The summed E-state index contributed by atoms with van der Waals surface area (Å²) in [5.41, 5.74) is 0. The SMILES string of the molecule is O=C1SC(=O)[C@]2(Cl)[C@@H]3CC[C@@H](O3)[C@H]12. The van der Waals surface area contributed by atoms with Crippen LogP contribution in [0.15, 0.2) is 0 Å². The summed E-state index contributed by atoms with van der Waals surface area (Å²) in [6.45, 7) is 0. The van der Waals surface area contributed by atoms with Gasteiger partial charge in [0.25, 0.3) is 0 Å². The molecule has 0 spiro atoms. The van der Waals surface area contributed by atoms with Crippen LogP contribution in [0.4, 0.5) is 0 Å². The summed E-state index contributed by atoms with van der Waals surface area (Å²) in [7, 11) is 0. The van der Waals surface area contributed by atoms with E-state index < -0.39 is 4.87 Å². The summed E-state index contributed by atoms with van der Waals surface area (Å²) in [4.78, 5) is 21.9. The van der Waals surface area contributed by atoms with E-state index in [1.807, 2.05) is 0 Å². The van der Waals surface area contributed by atoms with Crippen molar-refractivity contribution in [2.45, 2.75) is 29.9 Å². The zero-order valence-electron chi connectivity index (χ0n) is 6.66. The lowest BCUT2D eigenvalue weighted by Crippen LogP contribution is -2.44. The normalized spacial score (nSPS) is 53.2. The Morgan fingerprint density at radius 1 is 1.46 bits per heavy atom. The van der Waals surface area contributed by atoms with Crippen LogP contribution in [0.5, 0.6) is 0 Å². The Hall–Kier alpha value is -0.0600. The van der Waals surface area contributed by atoms with E-state index in [0.717, 1.165) is 24.6 Å². The summed E-state index contributed by atoms with van der Waals surface area (Å²) >= 11 is 6.96. The van der Waals surface area contributed by atoms with Crippen molar-refractivity contribution >= 4 is 33.6 Å². The molecule has 0 aromatic rings. The van der Waals surface area contributed by atoms with Crippen molar-refractivity contribution in [1.29, 1.82) is 0 Å². The van der Waals surface area contributed by atoms with Gasteiger partial charge in [0, 0.05) is 0 Å². The van der Waals surface area contributed by atoms with Gasteiger partial charge in [-0.25, -0.2) is 0 Å². The second-order valence-corrected chi connectivity index (χ2v) is 5.30. The number of ether oxygens (including phenoxy) is 1. The molecule has 3 aliphatic heterocycles. The summed E-state index contributed by atoms with van der Waals surface area (Å²) in [5.74, 6) is -0.384. The van der Waals surface area contributed by atoms with Crippen molar-refractivity contribution in [3.8, 4) is 0 Å². The molecule has 70 valence electrons. The molecule has 0 aromatic carbocycles. The second-order valence-electron chi connectivity index (χ2n) is 3.69. The predicted molar refractivity (Wildman–Crippen MR) is 47.6 cm³/mol. The standard InChI is InChI=1S/C8H7ClO3S/c9-8-4-2-1-3(12-4)5(8)6(10)13-7(8)11/h3-5H,1-2H2/t3-,4+,5-,8+/m1/s1.